The van der Waals surface area contributed by atoms with Crippen molar-refractivity contribution in [2.24, 2.45) is 0 Å². The smallest absolute Gasteiger partial charge is 0.252 e. The highest BCUT2D eigenvalue weighted by Crippen LogP contribution is 2.24. The lowest BCUT2D eigenvalue weighted by molar-refractivity contribution is -0.115. The van der Waals surface area contributed by atoms with E-state index in [2.05, 4.69) is 5.32 Å². The maximum atomic E-state index is 13.0. The normalized spacial score (nSPS) is 14.9. The molecule has 0 radical (unpaired) electrons. The Labute approximate surface area is 216 Å². The maximum absolute atomic E-state index is 13.0. The van der Waals surface area contributed by atoms with Crippen LogP contribution in [0.3, 0.4) is 0 Å². The van der Waals surface area contributed by atoms with E-state index in [1.165, 1.54) is 16.4 Å². The highest BCUT2D eigenvalue weighted by atomic mass is 35.5. The molecule has 36 heavy (non-hydrogen) atoms. The molecule has 9 heteroatoms. The van der Waals surface area contributed by atoms with Crippen molar-refractivity contribution in [1.29, 1.82) is 0 Å². The average molecular weight is 527 g/mol. The number of sulfonamides is 1. The number of nitrogens with zero attached hydrogens (tertiary/aromatic N) is 1. The summed E-state index contributed by atoms with van der Waals surface area (Å²) in [6, 6.07) is 23.0. The van der Waals surface area contributed by atoms with Crippen LogP contribution in [0.1, 0.15) is 11.1 Å². The number of benzene rings is 3. The third kappa shape index (κ3) is 6.53. The van der Waals surface area contributed by atoms with Gasteiger partial charge >= 0.3 is 0 Å². The number of hydrogen-bond donors (Lipinski definition) is 1. The van der Waals surface area contributed by atoms with E-state index in [1.807, 2.05) is 48.5 Å². The summed E-state index contributed by atoms with van der Waals surface area (Å²) < 4.78 is 37.8. The molecule has 0 atom stereocenters. The molecule has 1 aliphatic heterocycles. The summed E-state index contributed by atoms with van der Waals surface area (Å²) in [7, 11) is -3.55. The molecule has 0 unspecified atom stereocenters. The number of amides is 1. The molecule has 7 nitrogen and oxygen atoms in total. The number of ether oxygens (including phenoxy) is 2. The predicted molar refractivity (Wildman–Crippen MR) is 140 cm³/mol. The second-order valence-electron chi connectivity index (χ2n) is 8.04. The highest BCUT2D eigenvalue weighted by Gasteiger charge is 2.26. The molecule has 4 rings (SSSR count). The largest absolute Gasteiger partial charge is 0.492 e. The Hall–Kier alpha value is -3.17. The molecule has 1 N–H and O–H groups in total. The van der Waals surface area contributed by atoms with Crippen molar-refractivity contribution >= 4 is 39.2 Å². The number of nitrogens with one attached hydrogen (secondary N) is 1. The van der Waals surface area contributed by atoms with E-state index in [4.69, 9.17) is 21.1 Å². The van der Waals surface area contributed by atoms with E-state index < -0.39 is 10.0 Å². The first-order chi connectivity index (χ1) is 17.4. The van der Waals surface area contributed by atoms with E-state index in [9.17, 15) is 13.2 Å². The van der Waals surface area contributed by atoms with E-state index >= 15 is 0 Å². The lowest BCUT2D eigenvalue weighted by Crippen LogP contribution is -2.40. The third-order valence-electron chi connectivity index (χ3n) is 5.62. The number of rotatable bonds is 9. The minimum Gasteiger partial charge on any atom is -0.492 e. The van der Waals surface area contributed by atoms with E-state index in [-0.39, 0.29) is 24.0 Å². The summed E-state index contributed by atoms with van der Waals surface area (Å²) in [5.41, 5.74) is 2.01. The molecule has 1 aliphatic rings. The van der Waals surface area contributed by atoms with Gasteiger partial charge in [0.15, 0.2) is 0 Å². The predicted octanol–water partition coefficient (Wildman–Crippen LogP) is 4.10. The minimum absolute atomic E-state index is 0.210. The Bertz CT molecular complexity index is 1310. The SMILES string of the molecule is O=C(NCCOc1ccc(S(=O)(=O)N2CCOCC2)cc1)/C(=C/c1ccccc1Cl)c1ccccc1. The zero-order valence-electron chi connectivity index (χ0n) is 19.6. The standard InChI is InChI=1S/C27H27ClN2O5S/c28-26-9-5-4-8-22(26)20-25(21-6-2-1-3-7-21)27(31)29-14-17-35-23-10-12-24(13-11-23)36(32,33)30-15-18-34-19-16-30/h1-13,20H,14-19H2,(H,29,31)/b25-20+. The van der Waals surface area contributed by atoms with Crippen LogP contribution in [-0.2, 0) is 19.6 Å². The first kappa shape index (κ1) is 25.9. The van der Waals surface area contributed by atoms with Gasteiger partial charge in [-0.2, -0.15) is 4.31 Å². The molecule has 1 fully saturated rings. The van der Waals surface area contributed by atoms with Crippen molar-refractivity contribution in [2.75, 3.05) is 39.5 Å². The van der Waals surface area contributed by atoms with Crippen molar-refractivity contribution in [3.63, 3.8) is 0 Å². The summed E-state index contributed by atoms with van der Waals surface area (Å²) in [5, 5.41) is 3.44. The molecule has 3 aromatic carbocycles. The Morgan fingerprint density at radius 2 is 1.64 bits per heavy atom. The zero-order chi connectivity index (χ0) is 25.4. The monoisotopic (exact) mass is 526 g/mol. The van der Waals surface area contributed by atoms with Crippen molar-refractivity contribution in [2.45, 2.75) is 4.90 Å². The highest BCUT2D eigenvalue weighted by molar-refractivity contribution is 7.89. The molecule has 1 saturated heterocycles. The van der Waals surface area contributed by atoms with Crippen LogP contribution in [-0.4, -0.2) is 58.1 Å². The number of halogens is 1. The van der Waals surface area contributed by atoms with Crippen LogP contribution in [0.25, 0.3) is 11.6 Å². The number of carbonyl (C=O) groups is 1. The number of carbonyl (C=O) groups excluding carboxylic acids is 1. The Morgan fingerprint density at radius 1 is 0.972 bits per heavy atom. The first-order valence-corrected chi connectivity index (χ1v) is 13.4. The Balaban J connectivity index is 1.35. The summed E-state index contributed by atoms with van der Waals surface area (Å²) >= 11 is 6.30. The van der Waals surface area contributed by atoms with E-state index in [0.717, 1.165) is 11.1 Å². The van der Waals surface area contributed by atoms with Gasteiger partial charge in [0.2, 0.25) is 10.0 Å². The lowest BCUT2D eigenvalue weighted by Gasteiger charge is -2.26. The van der Waals surface area contributed by atoms with Gasteiger partial charge in [-0.25, -0.2) is 8.42 Å². The van der Waals surface area contributed by atoms with Gasteiger partial charge in [0, 0.05) is 23.7 Å². The van der Waals surface area contributed by atoms with Gasteiger partial charge in [-0.1, -0.05) is 60.1 Å². The minimum atomic E-state index is -3.55. The molecule has 0 spiro atoms. The van der Waals surface area contributed by atoms with Crippen LogP contribution < -0.4 is 10.1 Å². The molecule has 1 amide bonds. The Kier molecular flexibility index (Phi) is 8.77. The molecular formula is C27H27ClN2O5S. The quantitative estimate of drug-likeness (QED) is 0.258. The second-order valence-corrected chi connectivity index (χ2v) is 10.4. The third-order valence-corrected chi connectivity index (χ3v) is 7.88. The Morgan fingerprint density at radius 3 is 2.33 bits per heavy atom. The fourth-order valence-electron chi connectivity index (χ4n) is 3.72. The molecule has 0 aromatic heterocycles. The van der Waals surface area contributed by atoms with Crippen molar-refractivity contribution in [3.8, 4) is 5.75 Å². The van der Waals surface area contributed by atoms with Crippen LogP contribution in [0, 0.1) is 0 Å². The maximum Gasteiger partial charge on any atom is 0.252 e. The van der Waals surface area contributed by atoms with Gasteiger partial charge in [-0.15, -0.1) is 0 Å². The lowest BCUT2D eigenvalue weighted by atomic mass is 10.0. The van der Waals surface area contributed by atoms with E-state index in [0.29, 0.717) is 42.6 Å². The second kappa shape index (κ2) is 12.2. The van der Waals surface area contributed by atoms with Crippen molar-refractivity contribution in [3.05, 3.63) is 95.0 Å². The molecule has 3 aromatic rings. The topological polar surface area (TPSA) is 84.9 Å². The van der Waals surface area contributed by atoms with Crippen LogP contribution >= 0.6 is 11.6 Å². The van der Waals surface area contributed by atoms with Crippen LogP contribution in [0.2, 0.25) is 5.02 Å². The molecule has 0 aliphatic carbocycles. The molecule has 0 bridgehead atoms. The number of morpholine rings is 1. The van der Waals surface area contributed by atoms with Gasteiger partial charge in [0.25, 0.3) is 5.91 Å². The average Bonchev–Trinajstić information content (AvgIpc) is 2.92. The van der Waals surface area contributed by atoms with Crippen LogP contribution in [0.4, 0.5) is 0 Å². The van der Waals surface area contributed by atoms with Crippen LogP contribution in [0.5, 0.6) is 5.75 Å². The van der Waals surface area contributed by atoms with Gasteiger partial charge in [0.1, 0.15) is 12.4 Å². The van der Waals surface area contributed by atoms with Crippen molar-refractivity contribution < 1.29 is 22.7 Å². The van der Waals surface area contributed by atoms with Gasteiger partial charge in [-0.3, -0.25) is 4.79 Å². The van der Waals surface area contributed by atoms with Gasteiger partial charge in [0.05, 0.1) is 24.7 Å². The molecule has 1 heterocycles. The van der Waals surface area contributed by atoms with E-state index in [1.54, 1.807) is 24.3 Å². The summed E-state index contributed by atoms with van der Waals surface area (Å²) in [6.07, 6.45) is 1.77. The fourth-order valence-corrected chi connectivity index (χ4v) is 5.32. The fraction of sp³-hybridized carbons (Fsp3) is 0.222. The number of hydrogen-bond acceptors (Lipinski definition) is 5. The summed E-state index contributed by atoms with van der Waals surface area (Å²) in [4.78, 5) is 13.2. The van der Waals surface area contributed by atoms with Gasteiger partial charge < -0.3 is 14.8 Å². The molecule has 188 valence electrons. The molecular weight excluding hydrogens is 500 g/mol. The first-order valence-electron chi connectivity index (χ1n) is 11.6. The van der Waals surface area contributed by atoms with Crippen molar-refractivity contribution in [1.82, 2.24) is 9.62 Å². The molecule has 0 saturated carbocycles. The zero-order valence-corrected chi connectivity index (χ0v) is 21.2. The van der Waals surface area contributed by atoms with Gasteiger partial charge in [-0.05, 0) is 47.5 Å². The van der Waals surface area contributed by atoms with Crippen LogP contribution in [0.15, 0.2) is 83.8 Å². The summed E-state index contributed by atoms with van der Waals surface area (Å²) in [5.74, 6) is 0.261. The summed E-state index contributed by atoms with van der Waals surface area (Å²) in [6.45, 7) is 1.96.